The maximum atomic E-state index is 13.8. The Bertz CT molecular complexity index is 403. The number of hydrogen-bond donors (Lipinski definition) is 2. The van der Waals surface area contributed by atoms with Crippen LogP contribution in [0.2, 0.25) is 0 Å². The van der Waals surface area contributed by atoms with E-state index >= 15 is 0 Å². The molecule has 1 rings (SSSR count). The van der Waals surface area contributed by atoms with Crippen LogP contribution in [-0.4, -0.2) is 51.3 Å². The number of methoxy groups -OCH3 is 1. The van der Waals surface area contributed by atoms with Crippen molar-refractivity contribution < 1.29 is 23.7 Å². The van der Waals surface area contributed by atoms with E-state index in [0.29, 0.717) is 19.8 Å². The lowest BCUT2D eigenvalue weighted by Crippen LogP contribution is -2.25. The molecule has 2 N–H and O–H groups in total. The first-order valence-electron chi connectivity index (χ1n) is 7.04. The van der Waals surface area contributed by atoms with E-state index in [4.69, 9.17) is 14.2 Å². The lowest BCUT2D eigenvalue weighted by molar-refractivity contribution is -0.00483. The molecular formula is C15H24FNO4. The van der Waals surface area contributed by atoms with E-state index in [9.17, 15) is 9.50 Å². The molecule has 0 heterocycles. The number of halogens is 1. The smallest absolute Gasteiger partial charge is 0.165 e. The summed E-state index contributed by atoms with van der Waals surface area (Å²) in [5.41, 5.74) is 0.726. The minimum Gasteiger partial charge on any atom is -0.487 e. The minimum atomic E-state index is -0.812. The number of para-hydroxylation sites is 1. The molecule has 1 aromatic rings. The minimum absolute atomic E-state index is 0.0208. The Morgan fingerprint density at radius 1 is 1.29 bits per heavy atom. The summed E-state index contributed by atoms with van der Waals surface area (Å²) in [5.74, 6) is -0.257. The fraction of sp³-hybridized carbons (Fsp3) is 0.600. The normalized spacial score (nSPS) is 12.4. The summed E-state index contributed by atoms with van der Waals surface area (Å²) in [6.07, 6.45) is -0.812. The second-order valence-corrected chi connectivity index (χ2v) is 4.54. The van der Waals surface area contributed by atoms with Crippen LogP contribution in [-0.2, 0) is 16.0 Å². The van der Waals surface area contributed by atoms with Crippen LogP contribution in [0.25, 0.3) is 0 Å². The van der Waals surface area contributed by atoms with Crippen molar-refractivity contribution in [2.75, 3.05) is 40.1 Å². The predicted molar refractivity (Wildman–Crippen MR) is 78.0 cm³/mol. The van der Waals surface area contributed by atoms with Gasteiger partial charge in [0.05, 0.1) is 19.8 Å². The summed E-state index contributed by atoms with van der Waals surface area (Å²) in [6.45, 7) is 4.25. The Hall–Kier alpha value is -1.21. The van der Waals surface area contributed by atoms with Gasteiger partial charge in [-0.25, -0.2) is 4.39 Å². The lowest BCUT2D eigenvalue weighted by Gasteiger charge is -2.16. The third-order valence-electron chi connectivity index (χ3n) is 2.78. The van der Waals surface area contributed by atoms with Crippen molar-refractivity contribution in [2.24, 2.45) is 0 Å². The predicted octanol–water partition coefficient (Wildman–Crippen LogP) is 1.34. The van der Waals surface area contributed by atoms with Gasteiger partial charge in [0, 0.05) is 19.2 Å². The number of benzene rings is 1. The van der Waals surface area contributed by atoms with Crippen LogP contribution >= 0.6 is 0 Å². The highest BCUT2D eigenvalue weighted by Gasteiger charge is 2.12. The summed E-state index contributed by atoms with van der Waals surface area (Å²) in [6, 6.07) is 4.77. The fourth-order valence-electron chi connectivity index (χ4n) is 1.70. The highest BCUT2D eigenvalue weighted by Crippen LogP contribution is 2.22. The van der Waals surface area contributed by atoms with Gasteiger partial charge in [-0.3, -0.25) is 0 Å². The van der Waals surface area contributed by atoms with Crippen molar-refractivity contribution in [3.05, 3.63) is 29.6 Å². The second kappa shape index (κ2) is 10.5. The number of nitrogens with one attached hydrogen (secondary N) is 1. The standard InChI is InChI=1S/C15H24FNO4/c1-3-17-9-12-5-4-6-14(16)15(12)21-11-13(18)10-20-8-7-19-2/h4-6,13,17-18H,3,7-11H2,1-2H3. The van der Waals surface area contributed by atoms with Gasteiger partial charge in [-0.15, -0.1) is 0 Å². The van der Waals surface area contributed by atoms with Gasteiger partial charge in [0.25, 0.3) is 0 Å². The van der Waals surface area contributed by atoms with Crippen LogP contribution < -0.4 is 10.1 Å². The zero-order chi connectivity index (χ0) is 15.5. The Kier molecular flexibility index (Phi) is 8.93. The summed E-state index contributed by atoms with van der Waals surface area (Å²) < 4.78 is 29.2. The Balaban J connectivity index is 2.46. The topological polar surface area (TPSA) is 60.0 Å². The number of rotatable bonds is 11. The summed E-state index contributed by atoms with van der Waals surface area (Å²) >= 11 is 0. The molecule has 6 heteroatoms. The molecule has 0 saturated carbocycles. The van der Waals surface area contributed by atoms with Gasteiger partial charge in [-0.05, 0) is 12.6 Å². The van der Waals surface area contributed by atoms with Crippen LogP contribution in [0.15, 0.2) is 18.2 Å². The molecule has 0 aromatic heterocycles. The van der Waals surface area contributed by atoms with E-state index in [2.05, 4.69) is 5.32 Å². The zero-order valence-corrected chi connectivity index (χ0v) is 12.6. The van der Waals surface area contributed by atoms with Crippen LogP contribution in [0.4, 0.5) is 4.39 Å². The maximum Gasteiger partial charge on any atom is 0.165 e. The van der Waals surface area contributed by atoms with Crippen molar-refractivity contribution in [2.45, 2.75) is 19.6 Å². The molecule has 21 heavy (non-hydrogen) atoms. The maximum absolute atomic E-state index is 13.8. The van der Waals surface area contributed by atoms with Gasteiger partial charge in [0.1, 0.15) is 12.7 Å². The third-order valence-corrected chi connectivity index (χ3v) is 2.78. The molecule has 0 saturated heterocycles. The van der Waals surface area contributed by atoms with Crippen molar-refractivity contribution in [3.8, 4) is 5.75 Å². The first kappa shape index (κ1) is 17.8. The Labute approximate surface area is 125 Å². The average Bonchev–Trinajstić information content (AvgIpc) is 2.48. The number of hydrogen-bond acceptors (Lipinski definition) is 5. The molecule has 0 fully saturated rings. The van der Waals surface area contributed by atoms with E-state index in [1.54, 1.807) is 19.2 Å². The number of aliphatic hydroxyl groups excluding tert-OH is 1. The van der Waals surface area contributed by atoms with Crippen LogP contribution in [0.1, 0.15) is 12.5 Å². The number of ether oxygens (including phenoxy) is 3. The van der Waals surface area contributed by atoms with Crippen molar-refractivity contribution in [1.29, 1.82) is 0 Å². The molecule has 0 aliphatic rings. The van der Waals surface area contributed by atoms with Gasteiger partial charge in [0.2, 0.25) is 0 Å². The molecule has 120 valence electrons. The van der Waals surface area contributed by atoms with E-state index in [0.717, 1.165) is 12.1 Å². The van der Waals surface area contributed by atoms with Gasteiger partial charge in [0.15, 0.2) is 11.6 Å². The fourth-order valence-corrected chi connectivity index (χ4v) is 1.70. The van der Waals surface area contributed by atoms with Gasteiger partial charge >= 0.3 is 0 Å². The van der Waals surface area contributed by atoms with Crippen LogP contribution in [0.5, 0.6) is 5.75 Å². The highest BCUT2D eigenvalue weighted by atomic mass is 19.1. The Morgan fingerprint density at radius 2 is 2.10 bits per heavy atom. The van der Waals surface area contributed by atoms with E-state index in [-0.39, 0.29) is 19.0 Å². The summed E-state index contributed by atoms with van der Waals surface area (Å²) in [5, 5.41) is 12.9. The molecule has 1 aromatic carbocycles. The summed E-state index contributed by atoms with van der Waals surface area (Å²) in [4.78, 5) is 0. The van der Waals surface area contributed by atoms with Crippen LogP contribution in [0, 0.1) is 5.82 Å². The largest absolute Gasteiger partial charge is 0.487 e. The van der Waals surface area contributed by atoms with Gasteiger partial charge < -0.3 is 24.6 Å². The third kappa shape index (κ3) is 6.86. The average molecular weight is 301 g/mol. The molecule has 0 aliphatic carbocycles. The first-order valence-corrected chi connectivity index (χ1v) is 7.04. The van der Waals surface area contributed by atoms with Gasteiger partial charge in [-0.2, -0.15) is 0 Å². The van der Waals surface area contributed by atoms with Gasteiger partial charge in [-0.1, -0.05) is 19.1 Å². The molecule has 0 radical (unpaired) electrons. The quantitative estimate of drug-likeness (QED) is 0.604. The number of aliphatic hydroxyl groups is 1. The second-order valence-electron chi connectivity index (χ2n) is 4.54. The van der Waals surface area contributed by atoms with Crippen molar-refractivity contribution in [3.63, 3.8) is 0 Å². The summed E-state index contributed by atoms with van der Waals surface area (Å²) in [7, 11) is 1.58. The first-order chi connectivity index (χ1) is 10.2. The van der Waals surface area contributed by atoms with Crippen LogP contribution in [0.3, 0.4) is 0 Å². The molecule has 5 nitrogen and oxygen atoms in total. The molecule has 0 amide bonds. The molecule has 0 spiro atoms. The molecule has 0 aliphatic heterocycles. The SMILES string of the molecule is CCNCc1cccc(F)c1OCC(O)COCCOC. The lowest BCUT2D eigenvalue weighted by atomic mass is 10.2. The molecule has 1 unspecified atom stereocenters. The van der Waals surface area contributed by atoms with Crippen molar-refractivity contribution >= 4 is 0 Å². The highest BCUT2D eigenvalue weighted by molar-refractivity contribution is 5.34. The molecular weight excluding hydrogens is 277 g/mol. The molecule has 1 atom stereocenters. The van der Waals surface area contributed by atoms with Crippen molar-refractivity contribution in [1.82, 2.24) is 5.32 Å². The monoisotopic (exact) mass is 301 g/mol. The zero-order valence-electron chi connectivity index (χ0n) is 12.6. The van der Waals surface area contributed by atoms with E-state index < -0.39 is 11.9 Å². The Morgan fingerprint density at radius 3 is 2.81 bits per heavy atom. The molecule has 0 bridgehead atoms. The van der Waals surface area contributed by atoms with E-state index in [1.165, 1.54) is 6.07 Å². The van der Waals surface area contributed by atoms with E-state index in [1.807, 2.05) is 6.92 Å².